The SMILES string of the molecule is CC(=O)[C@H]1CC[C@H]2[C@@H]3CC[C@H]4C[C@H](O)CC[C@]4(C)[C@H]3CCC12C(C)(C)C. The van der Waals surface area contributed by atoms with Gasteiger partial charge in [-0.15, -0.1) is 0 Å². The second-order valence-corrected chi connectivity index (χ2v) is 11.7. The maximum absolute atomic E-state index is 12.6. The molecule has 0 aliphatic heterocycles. The van der Waals surface area contributed by atoms with Crippen molar-refractivity contribution >= 4 is 5.78 Å². The average Bonchev–Trinajstić information content (AvgIpc) is 2.96. The molecule has 4 aliphatic rings. The predicted octanol–water partition coefficient (Wildman–Crippen LogP) is 5.62. The molecule has 2 heteroatoms. The van der Waals surface area contributed by atoms with Crippen LogP contribution >= 0.6 is 0 Å². The summed E-state index contributed by atoms with van der Waals surface area (Å²) in [6.07, 6.45) is 10.8. The number of carbonyl (C=O) groups is 1. The zero-order valence-corrected chi connectivity index (χ0v) is 17.7. The van der Waals surface area contributed by atoms with E-state index in [-0.39, 0.29) is 22.9 Å². The number of aliphatic hydroxyl groups is 1. The van der Waals surface area contributed by atoms with Gasteiger partial charge < -0.3 is 5.11 Å². The van der Waals surface area contributed by atoms with E-state index >= 15 is 0 Å². The first-order valence-electron chi connectivity index (χ1n) is 11.3. The van der Waals surface area contributed by atoms with Crippen molar-refractivity contribution in [2.75, 3.05) is 0 Å². The number of Topliss-reactive ketones (excluding diaryl/α,β-unsaturated/α-hetero) is 1. The molecule has 2 nitrogen and oxygen atoms in total. The summed E-state index contributed by atoms with van der Waals surface area (Å²) in [5.74, 6) is 3.82. The number of rotatable bonds is 1. The number of hydrogen-bond donors (Lipinski definition) is 1. The van der Waals surface area contributed by atoms with E-state index in [1.165, 1.54) is 38.5 Å². The van der Waals surface area contributed by atoms with Gasteiger partial charge in [0, 0.05) is 5.92 Å². The van der Waals surface area contributed by atoms with Crippen molar-refractivity contribution in [3.05, 3.63) is 0 Å². The lowest BCUT2D eigenvalue weighted by molar-refractivity contribution is -0.163. The Balaban J connectivity index is 1.69. The van der Waals surface area contributed by atoms with Crippen LogP contribution in [-0.4, -0.2) is 17.0 Å². The van der Waals surface area contributed by atoms with Crippen molar-refractivity contribution in [1.82, 2.24) is 0 Å². The van der Waals surface area contributed by atoms with Gasteiger partial charge in [-0.2, -0.15) is 0 Å². The Morgan fingerprint density at radius 2 is 1.69 bits per heavy atom. The molecule has 1 unspecified atom stereocenters. The Labute approximate surface area is 160 Å². The molecule has 0 saturated heterocycles. The summed E-state index contributed by atoms with van der Waals surface area (Å²) in [6.45, 7) is 11.6. The normalized spacial score (nSPS) is 51.3. The number of fused-ring (bicyclic) bond motifs is 5. The van der Waals surface area contributed by atoms with E-state index in [4.69, 9.17) is 0 Å². The molecular weight excluding hydrogens is 320 g/mol. The number of hydrogen-bond acceptors (Lipinski definition) is 2. The van der Waals surface area contributed by atoms with E-state index in [0.29, 0.717) is 11.2 Å². The van der Waals surface area contributed by atoms with E-state index < -0.39 is 0 Å². The van der Waals surface area contributed by atoms with Gasteiger partial charge in [0.1, 0.15) is 5.78 Å². The molecule has 26 heavy (non-hydrogen) atoms. The summed E-state index contributed by atoms with van der Waals surface area (Å²) in [6, 6.07) is 0. The second-order valence-electron chi connectivity index (χ2n) is 11.7. The fourth-order valence-corrected chi connectivity index (χ4v) is 8.93. The smallest absolute Gasteiger partial charge is 0.133 e. The van der Waals surface area contributed by atoms with E-state index in [9.17, 15) is 9.90 Å². The fourth-order valence-electron chi connectivity index (χ4n) is 8.93. The maximum atomic E-state index is 12.6. The Morgan fingerprint density at radius 1 is 0.962 bits per heavy atom. The lowest BCUT2D eigenvalue weighted by Crippen LogP contribution is -2.58. The molecule has 1 N–H and O–H groups in total. The minimum atomic E-state index is -0.0598. The van der Waals surface area contributed by atoms with E-state index in [1.807, 2.05) is 6.92 Å². The Hall–Kier alpha value is -0.370. The predicted molar refractivity (Wildman–Crippen MR) is 106 cm³/mol. The molecule has 0 bridgehead atoms. The maximum Gasteiger partial charge on any atom is 0.133 e. The molecule has 0 spiro atoms. The van der Waals surface area contributed by atoms with E-state index in [2.05, 4.69) is 27.7 Å². The van der Waals surface area contributed by atoms with Crippen molar-refractivity contribution in [3.63, 3.8) is 0 Å². The van der Waals surface area contributed by atoms with Gasteiger partial charge in [-0.3, -0.25) is 4.79 Å². The Kier molecular flexibility index (Phi) is 4.42. The summed E-state index contributed by atoms with van der Waals surface area (Å²) in [5, 5.41) is 10.2. The van der Waals surface area contributed by atoms with Crippen LogP contribution in [0.25, 0.3) is 0 Å². The van der Waals surface area contributed by atoms with Gasteiger partial charge in [0.15, 0.2) is 0 Å². The highest BCUT2D eigenvalue weighted by molar-refractivity contribution is 5.79. The first kappa shape index (κ1) is 19.0. The molecule has 0 aromatic heterocycles. The monoisotopic (exact) mass is 360 g/mol. The zero-order valence-electron chi connectivity index (χ0n) is 17.7. The zero-order chi connectivity index (χ0) is 18.9. The molecule has 0 amide bonds. The van der Waals surface area contributed by atoms with Crippen LogP contribution in [0.4, 0.5) is 0 Å². The lowest BCUT2D eigenvalue weighted by Gasteiger charge is -2.64. The largest absolute Gasteiger partial charge is 0.393 e. The summed E-state index contributed by atoms with van der Waals surface area (Å²) in [7, 11) is 0. The number of aliphatic hydroxyl groups excluding tert-OH is 1. The van der Waals surface area contributed by atoms with Crippen molar-refractivity contribution in [2.24, 2.45) is 45.8 Å². The highest BCUT2D eigenvalue weighted by Crippen LogP contribution is 2.71. The van der Waals surface area contributed by atoms with Crippen molar-refractivity contribution in [1.29, 1.82) is 0 Å². The van der Waals surface area contributed by atoms with Crippen LogP contribution < -0.4 is 0 Å². The second kappa shape index (κ2) is 6.06. The summed E-state index contributed by atoms with van der Waals surface area (Å²) in [5.41, 5.74) is 0.855. The molecule has 148 valence electrons. The van der Waals surface area contributed by atoms with Gasteiger partial charge in [0.05, 0.1) is 6.10 Å². The molecule has 0 radical (unpaired) electrons. The average molecular weight is 361 g/mol. The quantitative estimate of drug-likeness (QED) is 0.659. The summed E-state index contributed by atoms with van der Waals surface area (Å²) >= 11 is 0. The molecule has 4 rings (SSSR count). The number of ketones is 1. The van der Waals surface area contributed by atoms with Crippen LogP contribution in [0.2, 0.25) is 0 Å². The third-order valence-electron chi connectivity index (χ3n) is 10.0. The molecule has 0 aromatic rings. The van der Waals surface area contributed by atoms with Crippen LogP contribution in [-0.2, 0) is 4.79 Å². The third kappa shape index (κ3) is 2.43. The van der Waals surface area contributed by atoms with Gasteiger partial charge in [-0.05, 0) is 105 Å². The van der Waals surface area contributed by atoms with Gasteiger partial charge >= 0.3 is 0 Å². The van der Waals surface area contributed by atoms with Crippen molar-refractivity contribution in [3.8, 4) is 0 Å². The molecule has 0 aromatic carbocycles. The van der Waals surface area contributed by atoms with Crippen molar-refractivity contribution in [2.45, 2.75) is 98.5 Å². The molecule has 4 fully saturated rings. The van der Waals surface area contributed by atoms with E-state index in [0.717, 1.165) is 42.9 Å². The van der Waals surface area contributed by atoms with Crippen LogP contribution in [0.3, 0.4) is 0 Å². The highest BCUT2D eigenvalue weighted by Gasteiger charge is 2.65. The Bertz CT molecular complexity index is 575. The van der Waals surface area contributed by atoms with Crippen LogP contribution in [0.15, 0.2) is 0 Å². The molecule has 0 heterocycles. The highest BCUT2D eigenvalue weighted by atomic mass is 16.3. The first-order valence-corrected chi connectivity index (χ1v) is 11.3. The molecule has 8 atom stereocenters. The van der Waals surface area contributed by atoms with Crippen LogP contribution in [0.1, 0.15) is 92.4 Å². The first-order chi connectivity index (χ1) is 12.1. The topological polar surface area (TPSA) is 37.3 Å². The van der Waals surface area contributed by atoms with E-state index in [1.54, 1.807) is 0 Å². The van der Waals surface area contributed by atoms with Crippen LogP contribution in [0.5, 0.6) is 0 Å². The number of carbonyl (C=O) groups excluding carboxylic acids is 1. The summed E-state index contributed by atoms with van der Waals surface area (Å²) < 4.78 is 0. The molecule has 4 saturated carbocycles. The van der Waals surface area contributed by atoms with Gasteiger partial charge in [0.2, 0.25) is 0 Å². The van der Waals surface area contributed by atoms with Gasteiger partial charge in [0.25, 0.3) is 0 Å². The third-order valence-corrected chi connectivity index (χ3v) is 10.0. The summed E-state index contributed by atoms with van der Waals surface area (Å²) in [4.78, 5) is 12.6. The minimum absolute atomic E-state index is 0.0598. The van der Waals surface area contributed by atoms with Gasteiger partial charge in [-0.1, -0.05) is 27.7 Å². The van der Waals surface area contributed by atoms with Crippen LogP contribution in [0, 0.1) is 45.8 Å². The standard InChI is InChI=1S/C24H40O2/c1-15(25)19-8-9-21-18-7-6-16-14-17(26)10-12-23(16,5)20(18)11-13-24(19,21)22(2,3)4/h16-21,26H,6-14H2,1-5H3/t16-,17+,18+,19+,20-,21-,23-,24?/m0/s1. The minimum Gasteiger partial charge on any atom is -0.393 e. The van der Waals surface area contributed by atoms with Crippen molar-refractivity contribution < 1.29 is 9.90 Å². The molecule has 4 aliphatic carbocycles. The Morgan fingerprint density at radius 3 is 2.35 bits per heavy atom. The molecular formula is C24H40O2. The fraction of sp³-hybridized carbons (Fsp3) is 0.958. The van der Waals surface area contributed by atoms with Gasteiger partial charge in [-0.25, -0.2) is 0 Å². The lowest BCUT2D eigenvalue weighted by atomic mass is 9.41.